The highest BCUT2D eigenvalue weighted by atomic mass is 16.2. The van der Waals surface area contributed by atoms with Gasteiger partial charge in [-0.15, -0.1) is 5.10 Å². The summed E-state index contributed by atoms with van der Waals surface area (Å²) in [7, 11) is 0. The summed E-state index contributed by atoms with van der Waals surface area (Å²) in [5, 5.41) is 16.6. The lowest BCUT2D eigenvalue weighted by Gasteiger charge is -2.24. The predicted molar refractivity (Wildman–Crippen MR) is 114 cm³/mol. The fraction of sp³-hybridized carbons (Fsp3) is 0.273. The lowest BCUT2D eigenvalue weighted by atomic mass is 10.0. The highest BCUT2D eigenvalue weighted by molar-refractivity contribution is 6.05. The molecule has 10 nitrogen and oxygen atoms in total. The van der Waals surface area contributed by atoms with Crippen molar-refractivity contribution in [3.05, 3.63) is 65.5 Å². The highest BCUT2D eigenvalue weighted by Crippen LogP contribution is 2.41. The van der Waals surface area contributed by atoms with E-state index in [2.05, 4.69) is 26.2 Å². The number of hydrogen-bond donors (Lipinski definition) is 2. The van der Waals surface area contributed by atoms with Gasteiger partial charge >= 0.3 is 0 Å². The van der Waals surface area contributed by atoms with Crippen molar-refractivity contribution in [3.63, 3.8) is 0 Å². The minimum atomic E-state index is -0.697. The van der Waals surface area contributed by atoms with Crippen molar-refractivity contribution in [1.29, 1.82) is 0 Å². The first-order chi connectivity index (χ1) is 15.5. The van der Waals surface area contributed by atoms with Gasteiger partial charge in [-0.2, -0.15) is 0 Å². The van der Waals surface area contributed by atoms with Gasteiger partial charge in [0.05, 0.1) is 12.2 Å². The highest BCUT2D eigenvalue weighted by Gasteiger charge is 2.47. The van der Waals surface area contributed by atoms with Crippen LogP contribution in [-0.4, -0.2) is 55.4 Å². The summed E-state index contributed by atoms with van der Waals surface area (Å²) in [6, 6.07) is 11.9. The molecule has 0 spiro atoms. The maximum atomic E-state index is 13.0. The number of aromatic nitrogens is 4. The summed E-state index contributed by atoms with van der Waals surface area (Å²) >= 11 is 0. The molecule has 1 aliphatic heterocycles. The fourth-order valence-corrected chi connectivity index (χ4v) is 4.06. The summed E-state index contributed by atoms with van der Waals surface area (Å²) in [5.41, 5.74) is 3.52. The number of benzene rings is 2. The summed E-state index contributed by atoms with van der Waals surface area (Å²) in [4.78, 5) is 39.8. The molecular formula is C22H21N7O3. The van der Waals surface area contributed by atoms with E-state index in [-0.39, 0.29) is 30.3 Å². The van der Waals surface area contributed by atoms with Gasteiger partial charge in [0.25, 0.3) is 5.91 Å². The zero-order chi connectivity index (χ0) is 22.2. The number of carbonyl (C=O) groups excluding carboxylic acids is 3. The molecule has 162 valence electrons. The van der Waals surface area contributed by atoms with E-state index < -0.39 is 6.04 Å². The van der Waals surface area contributed by atoms with E-state index in [1.807, 2.05) is 13.0 Å². The van der Waals surface area contributed by atoms with Gasteiger partial charge in [0, 0.05) is 17.3 Å². The van der Waals surface area contributed by atoms with Crippen molar-refractivity contribution in [2.45, 2.75) is 31.8 Å². The molecule has 3 amide bonds. The smallest absolute Gasteiger partial charge is 0.255 e. The van der Waals surface area contributed by atoms with Gasteiger partial charge in [0.2, 0.25) is 11.8 Å². The van der Waals surface area contributed by atoms with E-state index in [0.717, 1.165) is 24.1 Å². The van der Waals surface area contributed by atoms with E-state index in [1.54, 1.807) is 41.3 Å². The van der Waals surface area contributed by atoms with Crippen molar-refractivity contribution < 1.29 is 14.4 Å². The Morgan fingerprint density at radius 3 is 2.69 bits per heavy atom. The van der Waals surface area contributed by atoms with Crippen LogP contribution < -0.4 is 10.6 Å². The van der Waals surface area contributed by atoms with Gasteiger partial charge in [-0.05, 0) is 65.6 Å². The van der Waals surface area contributed by atoms with Crippen molar-refractivity contribution >= 4 is 23.4 Å². The van der Waals surface area contributed by atoms with E-state index in [0.29, 0.717) is 16.8 Å². The Bertz CT molecular complexity index is 1200. The van der Waals surface area contributed by atoms with Crippen LogP contribution in [0.4, 0.5) is 5.69 Å². The molecule has 2 aromatic carbocycles. The molecule has 2 aliphatic rings. The van der Waals surface area contributed by atoms with Gasteiger partial charge in [-0.25, -0.2) is 4.68 Å². The number of aryl methyl sites for hydroxylation is 1. The molecule has 1 aromatic heterocycles. The summed E-state index contributed by atoms with van der Waals surface area (Å²) in [6.45, 7) is 1.69. The molecule has 5 rings (SSSR count). The Hall–Kier alpha value is -4.08. The van der Waals surface area contributed by atoms with E-state index in [4.69, 9.17) is 0 Å². The van der Waals surface area contributed by atoms with Crippen LogP contribution in [0.5, 0.6) is 0 Å². The largest absolute Gasteiger partial charge is 0.345 e. The zero-order valence-electron chi connectivity index (χ0n) is 17.4. The first kappa shape index (κ1) is 19.9. The second-order valence-corrected chi connectivity index (χ2v) is 7.96. The normalized spacial score (nSPS) is 17.2. The van der Waals surface area contributed by atoms with Gasteiger partial charge in [0.1, 0.15) is 12.4 Å². The van der Waals surface area contributed by atoms with Crippen LogP contribution in [0.15, 0.2) is 48.8 Å². The number of hydrogen-bond acceptors (Lipinski definition) is 6. The number of fused-ring (bicyclic) bond motifs is 1. The number of nitrogens with zero attached hydrogens (tertiary/aromatic N) is 5. The lowest BCUT2D eigenvalue weighted by Crippen LogP contribution is -2.42. The Labute approximate surface area is 183 Å². The third kappa shape index (κ3) is 3.59. The molecule has 2 heterocycles. The molecule has 1 unspecified atom stereocenters. The van der Waals surface area contributed by atoms with E-state index in [9.17, 15) is 14.4 Å². The van der Waals surface area contributed by atoms with Crippen LogP contribution in [0, 0.1) is 6.92 Å². The van der Waals surface area contributed by atoms with Crippen LogP contribution in [0.25, 0.3) is 5.69 Å². The second kappa shape index (κ2) is 7.88. The molecule has 1 saturated carbocycles. The first-order valence-corrected chi connectivity index (χ1v) is 10.4. The molecule has 0 saturated heterocycles. The molecule has 2 N–H and O–H groups in total. The topological polar surface area (TPSA) is 122 Å². The number of tetrazole rings is 1. The van der Waals surface area contributed by atoms with Crippen LogP contribution >= 0.6 is 0 Å². The third-order valence-electron chi connectivity index (χ3n) is 5.69. The molecule has 1 aliphatic carbocycles. The van der Waals surface area contributed by atoms with Crippen LogP contribution in [0.3, 0.4) is 0 Å². The van der Waals surface area contributed by atoms with Crippen LogP contribution in [0.2, 0.25) is 0 Å². The maximum absolute atomic E-state index is 13.0. The fourth-order valence-electron chi connectivity index (χ4n) is 4.06. The Morgan fingerprint density at radius 2 is 1.97 bits per heavy atom. The van der Waals surface area contributed by atoms with Gasteiger partial charge in [0.15, 0.2) is 0 Å². The summed E-state index contributed by atoms with van der Waals surface area (Å²) in [6.07, 6.45) is 3.28. The Morgan fingerprint density at radius 1 is 1.16 bits per heavy atom. The van der Waals surface area contributed by atoms with Gasteiger partial charge in [-0.1, -0.05) is 18.2 Å². The number of anilines is 1. The molecule has 32 heavy (non-hydrogen) atoms. The molecule has 3 aromatic rings. The second-order valence-electron chi connectivity index (χ2n) is 7.96. The number of rotatable bonds is 6. The third-order valence-corrected chi connectivity index (χ3v) is 5.69. The molecule has 0 radical (unpaired) electrons. The molecule has 10 heteroatoms. The number of carbonyl (C=O) groups is 3. The van der Waals surface area contributed by atoms with Crippen molar-refractivity contribution in [2.24, 2.45) is 0 Å². The molecule has 1 fully saturated rings. The minimum Gasteiger partial charge on any atom is -0.345 e. The minimum absolute atomic E-state index is 0.0844. The van der Waals surface area contributed by atoms with Gasteiger partial charge < -0.3 is 15.5 Å². The average Bonchev–Trinajstić information content (AvgIpc) is 3.38. The SMILES string of the molecule is Cc1cc(NC(=O)CNC(=O)C2c3ccccc3C(=O)N2C2CC2)ccc1-n1cnnn1. The average molecular weight is 431 g/mol. The van der Waals surface area contributed by atoms with Crippen LogP contribution in [-0.2, 0) is 9.59 Å². The van der Waals surface area contributed by atoms with E-state index >= 15 is 0 Å². The summed E-state index contributed by atoms with van der Waals surface area (Å²) in [5.74, 6) is -0.829. The lowest BCUT2D eigenvalue weighted by molar-refractivity contribution is -0.127. The number of nitrogens with one attached hydrogen (secondary N) is 2. The molecule has 1 atom stereocenters. The van der Waals surface area contributed by atoms with Crippen molar-refractivity contribution in [3.8, 4) is 5.69 Å². The Kier molecular flexibility index (Phi) is 4.89. The van der Waals surface area contributed by atoms with Crippen LogP contribution in [0.1, 0.15) is 40.4 Å². The van der Waals surface area contributed by atoms with Gasteiger partial charge in [-0.3, -0.25) is 14.4 Å². The summed E-state index contributed by atoms with van der Waals surface area (Å²) < 4.78 is 1.54. The van der Waals surface area contributed by atoms with E-state index in [1.165, 1.54) is 11.0 Å². The van der Waals surface area contributed by atoms with Crippen molar-refractivity contribution in [1.82, 2.24) is 30.4 Å². The maximum Gasteiger partial charge on any atom is 0.255 e. The molecule has 0 bridgehead atoms. The zero-order valence-corrected chi connectivity index (χ0v) is 17.4. The standard InChI is InChI=1S/C22H21N7O3/c1-13-10-14(6-9-18(13)28-12-24-26-27-28)25-19(30)11-23-21(31)20-16-4-2-3-5-17(16)22(32)29(20)15-7-8-15/h2-6,9-10,12,15,20H,7-8,11H2,1H3,(H,23,31)(H,25,30). The predicted octanol–water partition coefficient (Wildman–Crippen LogP) is 1.38. The number of amides is 3. The quantitative estimate of drug-likeness (QED) is 0.608. The van der Waals surface area contributed by atoms with Crippen molar-refractivity contribution in [2.75, 3.05) is 11.9 Å². The first-order valence-electron chi connectivity index (χ1n) is 10.4. The molecular weight excluding hydrogens is 410 g/mol. The Balaban J connectivity index is 1.24. The monoisotopic (exact) mass is 431 g/mol.